The van der Waals surface area contributed by atoms with E-state index >= 15 is 0 Å². The molecule has 150 valence electrons. The number of likely N-dealkylation sites (N-methyl/N-ethyl adjacent to an activating group) is 1. The third-order valence-electron chi connectivity index (χ3n) is 4.83. The van der Waals surface area contributed by atoms with E-state index in [1.165, 1.54) is 6.20 Å². The van der Waals surface area contributed by atoms with Crippen molar-refractivity contribution in [1.29, 1.82) is 0 Å². The van der Waals surface area contributed by atoms with Gasteiger partial charge in [0.2, 0.25) is 5.91 Å². The number of carbonyl (C=O) groups is 2. The van der Waals surface area contributed by atoms with Crippen molar-refractivity contribution in [2.24, 2.45) is 0 Å². The number of methoxy groups -OCH3 is 1. The molecule has 0 saturated carbocycles. The van der Waals surface area contributed by atoms with Crippen molar-refractivity contribution in [3.63, 3.8) is 0 Å². The molecule has 1 aliphatic rings. The van der Waals surface area contributed by atoms with Crippen molar-refractivity contribution >= 4 is 11.8 Å². The van der Waals surface area contributed by atoms with Crippen molar-refractivity contribution in [3.05, 3.63) is 23.8 Å². The Morgan fingerprint density at radius 3 is 2.48 bits per heavy atom. The maximum absolute atomic E-state index is 12.8. The Morgan fingerprint density at radius 1 is 1.15 bits per heavy atom. The maximum atomic E-state index is 12.8. The molecule has 2 rings (SSSR count). The highest BCUT2D eigenvalue weighted by atomic mass is 16.5. The van der Waals surface area contributed by atoms with Crippen LogP contribution in [-0.2, 0) is 9.53 Å². The summed E-state index contributed by atoms with van der Waals surface area (Å²) in [6.07, 6.45) is 4.11. The molecule has 1 aliphatic heterocycles. The van der Waals surface area contributed by atoms with Crippen molar-refractivity contribution < 1.29 is 14.3 Å². The number of aryl methyl sites for hydroxylation is 1. The highest BCUT2D eigenvalue weighted by Gasteiger charge is 2.23. The fraction of sp³-hybridized carbons (Fsp3) is 0.684. The zero-order valence-electron chi connectivity index (χ0n) is 16.7. The molecule has 0 atom stereocenters. The molecular formula is C19H31N5O3. The van der Waals surface area contributed by atoms with Crippen LogP contribution < -0.4 is 0 Å². The Bertz CT molecular complexity index is 600. The summed E-state index contributed by atoms with van der Waals surface area (Å²) >= 11 is 0. The van der Waals surface area contributed by atoms with Crippen LogP contribution in [0.3, 0.4) is 0 Å². The Morgan fingerprint density at radius 2 is 1.89 bits per heavy atom. The number of hydrogen-bond acceptors (Lipinski definition) is 6. The van der Waals surface area contributed by atoms with Gasteiger partial charge in [0.25, 0.3) is 5.91 Å². The maximum Gasteiger partial charge on any atom is 0.274 e. The van der Waals surface area contributed by atoms with Gasteiger partial charge >= 0.3 is 0 Å². The van der Waals surface area contributed by atoms with Gasteiger partial charge in [0.1, 0.15) is 5.69 Å². The molecule has 0 bridgehead atoms. The summed E-state index contributed by atoms with van der Waals surface area (Å²) in [7, 11) is 1.64. The Kier molecular flexibility index (Phi) is 8.60. The van der Waals surface area contributed by atoms with Crippen molar-refractivity contribution in [1.82, 2.24) is 24.7 Å². The summed E-state index contributed by atoms with van der Waals surface area (Å²) in [5, 5.41) is 0. The standard InChI is InChI=1S/C19H31N5O3/c1-4-22-9-11-23(12-10-22)18(25)6-8-24(7-5-13-27-3)19(26)17-15-20-16(2)14-21-17/h14-15H,4-13H2,1-3H3. The van der Waals surface area contributed by atoms with Gasteiger partial charge in [-0.15, -0.1) is 0 Å². The minimum atomic E-state index is -0.192. The number of amides is 2. The van der Waals surface area contributed by atoms with E-state index in [0.29, 0.717) is 38.2 Å². The van der Waals surface area contributed by atoms with Crippen molar-refractivity contribution in [2.75, 3.05) is 59.5 Å². The molecule has 2 heterocycles. The molecule has 0 spiro atoms. The zero-order chi connectivity index (χ0) is 19.6. The average Bonchev–Trinajstić information content (AvgIpc) is 2.70. The van der Waals surface area contributed by atoms with Crippen LogP contribution in [0.25, 0.3) is 0 Å². The highest BCUT2D eigenvalue weighted by molar-refractivity contribution is 5.92. The van der Waals surface area contributed by atoms with Crippen LogP contribution in [0, 0.1) is 6.92 Å². The van der Waals surface area contributed by atoms with Gasteiger partial charge in [-0.1, -0.05) is 6.92 Å². The summed E-state index contributed by atoms with van der Waals surface area (Å²) in [5.41, 5.74) is 1.07. The van der Waals surface area contributed by atoms with E-state index in [9.17, 15) is 9.59 Å². The van der Waals surface area contributed by atoms with Gasteiger partial charge in [-0.3, -0.25) is 14.6 Å². The van der Waals surface area contributed by atoms with Gasteiger partial charge in [-0.2, -0.15) is 0 Å². The molecule has 1 aromatic heterocycles. The molecule has 8 heteroatoms. The van der Waals surface area contributed by atoms with E-state index in [1.54, 1.807) is 18.2 Å². The van der Waals surface area contributed by atoms with E-state index in [0.717, 1.165) is 38.4 Å². The minimum absolute atomic E-state index is 0.102. The third-order valence-corrected chi connectivity index (χ3v) is 4.83. The SMILES string of the molecule is CCN1CCN(C(=O)CCN(CCCOC)C(=O)c2cnc(C)cn2)CC1. The number of ether oxygens (including phenoxy) is 1. The molecule has 8 nitrogen and oxygen atoms in total. The number of piperazine rings is 1. The predicted octanol–water partition coefficient (Wildman–Crippen LogP) is 0.818. The van der Waals surface area contributed by atoms with Crippen LogP contribution in [0.1, 0.15) is 35.9 Å². The topological polar surface area (TPSA) is 78.9 Å². The fourth-order valence-electron chi connectivity index (χ4n) is 3.08. The Balaban J connectivity index is 1.92. The zero-order valence-corrected chi connectivity index (χ0v) is 16.7. The fourth-order valence-corrected chi connectivity index (χ4v) is 3.08. The minimum Gasteiger partial charge on any atom is -0.385 e. The van der Waals surface area contributed by atoms with Crippen LogP contribution >= 0.6 is 0 Å². The van der Waals surface area contributed by atoms with Crippen LogP contribution in [-0.4, -0.2) is 96.0 Å². The van der Waals surface area contributed by atoms with Gasteiger partial charge in [0, 0.05) is 65.6 Å². The molecule has 27 heavy (non-hydrogen) atoms. The second-order valence-electron chi connectivity index (χ2n) is 6.75. The number of rotatable bonds is 9. The van der Waals surface area contributed by atoms with Crippen LogP contribution in [0.2, 0.25) is 0 Å². The summed E-state index contributed by atoms with van der Waals surface area (Å²) < 4.78 is 5.09. The van der Waals surface area contributed by atoms with Gasteiger partial charge < -0.3 is 19.4 Å². The highest BCUT2D eigenvalue weighted by Crippen LogP contribution is 2.08. The molecule has 0 N–H and O–H groups in total. The van der Waals surface area contributed by atoms with E-state index < -0.39 is 0 Å². The average molecular weight is 377 g/mol. The lowest BCUT2D eigenvalue weighted by Gasteiger charge is -2.34. The third kappa shape index (κ3) is 6.55. The predicted molar refractivity (Wildman–Crippen MR) is 102 cm³/mol. The largest absolute Gasteiger partial charge is 0.385 e. The second-order valence-corrected chi connectivity index (χ2v) is 6.75. The van der Waals surface area contributed by atoms with Crippen molar-refractivity contribution in [2.45, 2.75) is 26.7 Å². The second kappa shape index (κ2) is 10.9. The molecule has 0 unspecified atom stereocenters. The van der Waals surface area contributed by atoms with Gasteiger partial charge in [0.05, 0.1) is 11.9 Å². The van der Waals surface area contributed by atoms with E-state index in [-0.39, 0.29) is 11.8 Å². The van der Waals surface area contributed by atoms with Gasteiger partial charge in [0.15, 0.2) is 0 Å². The number of carbonyl (C=O) groups excluding carboxylic acids is 2. The smallest absolute Gasteiger partial charge is 0.274 e. The molecule has 0 radical (unpaired) electrons. The number of nitrogens with zero attached hydrogens (tertiary/aromatic N) is 5. The monoisotopic (exact) mass is 377 g/mol. The summed E-state index contributed by atoms with van der Waals surface area (Å²) in [4.78, 5) is 39.6. The van der Waals surface area contributed by atoms with Crippen molar-refractivity contribution in [3.8, 4) is 0 Å². The molecule has 1 saturated heterocycles. The first-order valence-electron chi connectivity index (χ1n) is 9.62. The molecule has 0 aromatic carbocycles. The number of hydrogen-bond donors (Lipinski definition) is 0. The molecule has 0 aliphatic carbocycles. The lowest BCUT2D eigenvalue weighted by atomic mass is 10.2. The Labute approximate surface area is 161 Å². The summed E-state index contributed by atoms with van der Waals surface area (Å²) in [6.45, 7) is 9.79. The first-order valence-corrected chi connectivity index (χ1v) is 9.62. The molecule has 1 fully saturated rings. The van der Waals surface area contributed by atoms with Gasteiger partial charge in [-0.25, -0.2) is 4.98 Å². The van der Waals surface area contributed by atoms with Gasteiger partial charge in [-0.05, 0) is 19.9 Å². The molecular weight excluding hydrogens is 346 g/mol. The van der Waals surface area contributed by atoms with Crippen LogP contribution in [0.4, 0.5) is 0 Å². The lowest BCUT2D eigenvalue weighted by Crippen LogP contribution is -2.49. The lowest BCUT2D eigenvalue weighted by molar-refractivity contribution is -0.133. The quantitative estimate of drug-likeness (QED) is 0.593. The van der Waals surface area contributed by atoms with E-state index in [1.807, 2.05) is 11.8 Å². The first-order chi connectivity index (χ1) is 13.0. The van der Waals surface area contributed by atoms with E-state index in [4.69, 9.17) is 4.74 Å². The summed E-state index contributed by atoms with van der Waals surface area (Å²) in [5.74, 6) is -0.0903. The normalized spacial score (nSPS) is 15.0. The van der Waals surface area contributed by atoms with E-state index in [2.05, 4.69) is 21.8 Å². The molecule has 2 amide bonds. The molecule has 1 aromatic rings. The van der Waals surface area contributed by atoms with Crippen LogP contribution in [0.15, 0.2) is 12.4 Å². The Hall–Kier alpha value is -2.06. The van der Waals surface area contributed by atoms with Crippen LogP contribution in [0.5, 0.6) is 0 Å². The summed E-state index contributed by atoms with van der Waals surface area (Å²) in [6, 6.07) is 0. The number of aromatic nitrogens is 2. The first kappa shape index (κ1) is 21.2.